The van der Waals surface area contributed by atoms with Crippen LogP contribution in [0.2, 0.25) is 0 Å². The minimum Gasteiger partial charge on any atom is -0.0776 e. The van der Waals surface area contributed by atoms with Crippen molar-refractivity contribution < 1.29 is 0 Å². The molecule has 0 spiro atoms. The average Bonchev–Trinajstić information content (AvgIpc) is 2.70. The molecule has 26 heavy (non-hydrogen) atoms. The first-order valence-electron chi connectivity index (χ1n) is 8.21. The van der Waals surface area contributed by atoms with Crippen LogP contribution in [0.4, 0.5) is 0 Å². The van der Waals surface area contributed by atoms with E-state index < -0.39 is 0 Å². The highest BCUT2D eigenvalue weighted by molar-refractivity contribution is 5.81. The van der Waals surface area contributed by atoms with E-state index in [4.69, 9.17) is 0 Å². The van der Waals surface area contributed by atoms with Gasteiger partial charge in [0.05, 0.1) is 0 Å². The topological polar surface area (TPSA) is 0 Å². The van der Waals surface area contributed by atoms with Crippen LogP contribution < -0.4 is 0 Å². The van der Waals surface area contributed by atoms with Gasteiger partial charge in [-0.15, -0.1) is 0 Å². The zero-order valence-electron chi connectivity index (χ0n) is 13.4. The lowest BCUT2D eigenvalue weighted by molar-refractivity contribution is 1.56. The first-order valence-corrected chi connectivity index (χ1v) is 8.21. The highest BCUT2D eigenvalue weighted by Gasteiger charge is 2.06. The molecule has 130 valence electrons. The highest BCUT2D eigenvalue weighted by Crippen LogP contribution is 2.32. The van der Waals surface area contributed by atoms with Gasteiger partial charge in [0.15, 0.2) is 0 Å². The normalized spacial score (nSPS) is 9.69. The second-order valence-corrected chi connectivity index (χ2v) is 5.90. The van der Waals surface area contributed by atoms with Crippen molar-refractivity contribution in [3.63, 3.8) is 0 Å². The van der Waals surface area contributed by atoms with Gasteiger partial charge in [0.2, 0.25) is 0 Å². The monoisotopic (exact) mass is 338 g/mol. The Bertz CT molecular complexity index is 784. The molecule has 0 aromatic heterocycles. The van der Waals surface area contributed by atoms with Gasteiger partial charge in [0, 0.05) is 0 Å². The molecule has 0 fully saturated rings. The summed E-state index contributed by atoms with van der Waals surface area (Å²) in [6.45, 7) is 0. The van der Waals surface area contributed by atoms with Gasteiger partial charge in [-0.3, -0.25) is 0 Å². The SMILES string of the molecule is C.C.c1ccc(-c2cc(-c3ccccc3)cc(-c3ccccc3)c2)cc1. The van der Waals surface area contributed by atoms with Gasteiger partial charge >= 0.3 is 0 Å². The summed E-state index contributed by atoms with van der Waals surface area (Å²) in [4.78, 5) is 0. The molecule has 0 aliphatic heterocycles. The van der Waals surface area contributed by atoms with Crippen molar-refractivity contribution in [3.8, 4) is 33.4 Å². The van der Waals surface area contributed by atoms with Crippen molar-refractivity contribution in [2.75, 3.05) is 0 Å². The van der Waals surface area contributed by atoms with E-state index in [2.05, 4.69) is 109 Å². The van der Waals surface area contributed by atoms with E-state index >= 15 is 0 Å². The fourth-order valence-corrected chi connectivity index (χ4v) is 3.02. The summed E-state index contributed by atoms with van der Waals surface area (Å²) in [5.74, 6) is 0. The summed E-state index contributed by atoms with van der Waals surface area (Å²) in [6, 6.07) is 38.5. The van der Waals surface area contributed by atoms with E-state index in [0.29, 0.717) is 0 Å². The van der Waals surface area contributed by atoms with Crippen LogP contribution in [-0.4, -0.2) is 0 Å². The Balaban J connectivity index is 0.00000121. The van der Waals surface area contributed by atoms with Gasteiger partial charge in [-0.2, -0.15) is 0 Å². The summed E-state index contributed by atoms with van der Waals surface area (Å²) < 4.78 is 0. The Kier molecular flexibility index (Phi) is 6.52. The van der Waals surface area contributed by atoms with Gasteiger partial charge in [-0.05, 0) is 51.6 Å². The molecule has 0 saturated carbocycles. The highest BCUT2D eigenvalue weighted by atomic mass is 14.1. The maximum Gasteiger partial charge on any atom is -0.0172 e. The fourth-order valence-electron chi connectivity index (χ4n) is 3.02. The van der Waals surface area contributed by atoms with Crippen LogP contribution in [0.5, 0.6) is 0 Å². The van der Waals surface area contributed by atoms with Crippen LogP contribution in [0.3, 0.4) is 0 Å². The molecule has 0 N–H and O–H groups in total. The molecular formula is C26H26. The first kappa shape index (κ1) is 19.2. The van der Waals surface area contributed by atoms with Gasteiger partial charge in [0.25, 0.3) is 0 Å². The van der Waals surface area contributed by atoms with E-state index in [1.165, 1.54) is 33.4 Å². The third kappa shape index (κ3) is 4.10. The van der Waals surface area contributed by atoms with Crippen molar-refractivity contribution in [2.24, 2.45) is 0 Å². The minimum atomic E-state index is 0. The van der Waals surface area contributed by atoms with E-state index in [1.807, 2.05) is 0 Å². The zero-order valence-corrected chi connectivity index (χ0v) is 13.4. The second-order valence-electron chi connectivity index (χ2n) is 5.90. The molecule has 0 aliphatic carbocycles. The van der Waals surface area contributed by atoms with E-state index in [9.17, 15) is 0 Å². The third-order valence-electron chi connectivity index (χ3n) is 4.25. The van der Waals surface area contributed by atoms with E-state index in [1.54, 1.807) is 0 Å². The van der Waals surface area contributed by atoms with Crippen LogP contribution in [0.25, 0.3) is 33.4 Å². The Morgan fingerprint density at radius 3 is 0.731 bits per heavy atom. The Morgan fingerprint density at radius 1 is 0.269 bits per heavy atom. The maximum absolute atomic E-state index is 2.27. The fraction of sp³-hybridized carbons (Fsp3) is 0.0769. The lowest BCUT2D eigenvalue weighted by atomic mass is 9.93. The molecule has 0 amide bonds. The van der Waals surface area contributed by atoms with Crippen molar-refractivity contribution in [2.45, 2.75) is 14.9 Å². The number of benzene rings is 4. The van der Waals surface area contributed by atoms with Crippen LogP contribution in [-0.2, 0) is 0 Å². The van der Waals surface area contributed by atoms with Crippen molar-refractivity contribution in [3.05, 3.63) is 109 Å². The van der Waals surface area contributed by atoms with Crippen LogP contribution in [0.15, 0.2) is 109 Å². The molecule has 4 aromatic carbocycles. The molecule has 0 aliphatic rings. The summed E-state index contributed by atoms with van der Waals surface area (Å²) in [7, 11) is 0. The number of rotatable bonds is 3. The average molecular weight is 338 g/mol. The predicted octanol–water partition coefficient (Wildman–Crippen LogP) is 7.96. The largest absolute Gasteiger partial charge is 0.0776 e. The quantitative estimate of drug-likeness (QED) is 0.355. The summed E-state index contributed by atoms with van der Waals surface area (Å²) in [6.07, 6.45) is 0. The lowest BCUT2D eigenvalue weighted by Gasteiger charge is -2.11. The molecular weight excluding hydrogens is 312 g/mol. The number of hydrogen-bond donors (Lipinski definition) is 0. The van der Waals surface area contributed by atoms with Crippen molar-refractivity contribution in [1.29, 1.82) is 0 Å². The van der Waals surface area contributed by atoms with Crippen LogP contribution in [0.1, 0.15) is 14.9 Å². The van der Waals surface area contributed by atoms with Crippen LogP contribution in [0, 0.1) is 0 Å². The van der Waals surface area contributed by atoms with E-state index in [-0.39, 0.29) is 14.9 Å². The Hall–Kier alpha value is -3.12. The van der Waals surface area contributed by atoms with Gasteiger partial charge in [0.1, 0.15) is 0 Å². The minimum absolute atomic E-state index is 0. The molecule has 0 bridgehead atoms. The van der Waals surface area contributed by atoms with Crippen LogP contribution >= 0.6 is 0 Å². The first-order chi connectivity index (χ1) is 11.9. The smallest absolute Gasteiger partial charge is 0.0172 e. The predicted molar refractivity (Wildman–Crippen MR) is 116 cm³/mol. The zero-order chi connectivity index (χ0) is 16.2. The maximum atomic E-state index is 2.27. The summed E-state index contributed by atoms with van der Waals surface area (Å²) in [5.41, 5.74) is 7.47. The molecule has 4 aromatic rings. The number of hydrogen-bond acceptors (Lipinski definition) is 0. The molecule has 0 heterocycles. The summed E-state index contributed by atoms with van der Waals surface area (Å²) >= 11 is 0. The molecule has 0 unspecified atom stereocenters. The van der Waals surface area contributed by atoms with Gasteiger partial charge in [-0.1, -0.05) is 106 Å². The molecule has 0 atom stereocenters. The van der Waals surface area contributed by atoms with Gasteiger partial charge in [-0.25, -0.2) is 0 Å². The molecule has 0 heteroatoms. The lowest BCUT2D eigenvalue weighted by Crippen LogP contribution is -1.85. The molecule has 4 rings (SSSR count). The molecule has 0 saturated heterocycles. The van der Waals surface area contributed by atoms with Crippen molar-refractivity contribution >= 4 is 0 Å². The van der Waals surface area contributed by atoms with Crippen molar-refractivity contribution in [1.82, 2.24) is 0 Å². The standard InChI is InChI=1S/C24H18.2CH4/c1-4-10-19(11-5-1)22-16-23(20-12-6-2-7-13-20)18-24(17-22)21-14-8-3-9-15-21;;/h1-18H;2*1H4. The third-order valence-corrected chi connectivity index (χ3v) is 4.25. The van der Waals surface area contributed by atoms with Gasteiger partial charge < -0.3 is 0 Å². The Labute approximate surface area is 157 Å². The van der Waals surface area contributed by atoms with E-state index in [0.717, 1.165) is 0 Å². The molecule has 0 nitrogen and oxygen atoms in total. The second kappa shape index (κ2) is 8.82. The summed E-state index contributed by atoms with van der Waals surface area (Å²) in [5, 5.41) is 0. The Morgan fingerprint density at radius 2 is 0.500 bits per heavy atom. The molecule has 0 radical (unpaired) electrons.